The van der Waals surface area contributed by atoms with Gasteiger partial charge < -0.3 is 4.90 Å². The second-order valence-electron chi connectivity index (χ2n) is 6.89. The summed E-state index contributed by atoms with van der Waals surface area (Å²) in [5, 5.41) is 10.5. The van der Waals surface area contributed by atoms with Crippen LogP contribution in [0.3, 0.4) is 0 Å². The van der Waals surface area contributed by atoms with E-state index >= 15 is 0 Å². The predicted octanol–water partition coefficient (Wildman–Crippen LogP) is 1.67. The molecule has 0 N–H and O–H groups in total. The van der Waals surface area contributed by atoms with E-state index in [1.165, 1.54) is 0 Å². The van der Waals surface area contributed by atoms with E-state index in [-0.39, 0.29) is 5.56 Å². The van der Waals surface area contributed by atoms with Gasteiger partial charge in [-0.2, -0.15) is 10.2 Å². The van der Waals surface area contributed by atoms with Crippen molar-refractivity contribution in [2.45, 2.75) is 33.4 Å². The summed E-state index contributed by atoms with van der Waals surface area (Å²) in [5.74, 6) is 0. The zero-order chi connectivity index (χ0) is 18.4. The van der Waals surface area contributed by atoms with Gasteiger partial charge in [0.1, 0.15) is 5.65 Å². The van der Waals surface area contributed by atoms with E-state index in [0.717, 1.165) is 47.4 Å². The molecule has 8 heteroatoms. The average Bonchev–Trinajstić information content (AvgIpc) is 3.19. The third kappa shape index (κ3) is 2.48. The molecule has 0 saturated heterocycles. The fourth-order valence-electron chi connectivity index (χ4n) is 3.48. The Morgan fingerprint density at radius 3 is 2.73 bits per heavy atom. The van der Waals surface area contributed by atoms with Crippen LogP contribution in [0, 0.1) is 6.92 Å². The lowest BCUT2D eigenvalue weighted by atomic mass is 10.2. The van der Waals surface area contributed by atoms with Crippen molar-refractivity contribution in [2.75, 3.05) is 20.6 Å². The van der Waals surface area contributed by atoms with Gasteiger partial charge in [0.05, 0.1) is 28.2 Å². The molecule has 26 heavy (non-hydrogen) atoms. The van der Waals surface area contributed by atoms with Gasteiger partial charge in [0.15, 0.2) is 5.65 Å². The normalized spacial score (nSPS) is 12.2. The Labute approximate surface area is 150 Å². The van der Waals surface area contributed by atoms with Crippen LogP contribution in [0.1, 0.15) is 19.0 Å². The molecule has 0 bridgehead atoms. The molecule has 4 aromatic rings. The molecular weight excluding hydrogens is 330 g/mol. The lowest BCUT2D eigenvalue weighted by Crippen LogP contribution is -2.25. The number of pyridine rings is 1. The lowest BCUT2D eigenvalue weighted by molar-refractivity contribution is 0.386. The van der Waals surface area contributed by atoms with Gasteiger partial charge in [-0.25, -0.2) is 14.2 Å². The number of rotatable bonds is 5. The largest absolute Gasteiger partial charge is 0.309 e. The Kier molecular flexibility index (Phi) is 3.99. The number of aryl methyl sites for hydroxylation is 3. The maximum atomic E-state index is 13.2. The molecule has 0 amide bonds. The molecule has 8 nitrogen and oxygen atoms in total. The molecule has 0 aromatic carbocycles. The summed E-state index contributed by atoms with van der Waals surface area (Å²) in [6.07, 6.45) is 4.33. The van der Waals surface area contributed by atoms with Crippen LogP contribution in [0.4, 0.5) is 0 Å². The zero-order valence-corrected chi connectivity index (χ0v) is 15.6. The fourth-order valence-corrected chi connectivity index (χ4v) is 3.48. The van der Waals surface area contributed by atoms with Crippen molar-refractivity contribution < 1.29 is 0 Å². The van der Waals surface area contributed by atoms with Crippen LogP contribution in [0.2, 0.25) is 0 Å². The molecule has 0 aliphatic rings. The first-order valence-electron chi connectivity index (χ1n) is 8.89. The molecule has 4 rings (SSSR count). The van der Waals surface area contributed by atoms with Crippen LogP contribution < -0.4 is 5.56 Å². The second kappa shape index (κ2) is 6.21. The Morgan fingerprint density at radius 2 is 2.00 bits per heavy atom. The first kappa shape index (κ1) is 16.7. The number of hydrogen-bond acceptors (Lipinski definition) is 5. The third-order valence-electron chi connectivity index (χ3n) is 4.70. The van der Waals surface area contributed by atoms with Gasteiger partial charge in [-0.1, -0.05) is 0 Å². The van der Waals surface area contributed by atoms with Crippen molar-refractivity contribution in [1.29, 1.82) is 0 Å². The molecule has 0 spiro atoms. The van der Waals surface area contributed by atoms with Gasteiger partial charge >= 0.3 is 0 Å². The average molecular weight is 353 g/mol. The Morgan fingerprint density at radius 1 is 1.19 bits per heavy atom. The maximum Gasteiger partial charge on any atom is 0.263 e. The minimum Gasteiger partial charge on any atom is -0.309 e. The highest BCUT2D eigenvalue weighted by Gasteiger charge is 2.17. The van der Waals surface area contributed by atoms with E-state index in [1.807, 2.05) is 47.8 Å². The first-order valence-corrected chi connectivity index (χ1v) is 8.89. The highest BCUT2D eigenvalue weighted by atomic mass is 16.1. The van der Waals surface area contributed by atoms with Crippen molar-refractivity contribution in [1.82, 2.24) is 33.8 Å². The molecule has 0 unspecified atom stereocenters. The van der Waals surface area contributed by atoms with Gasteiger partial charge in [-0.15, -0.1) is 0 Å². The summed E-state index contributed by atoms with van der Waals surface area (Å²) >= 11 is 0. The van der Waals surface area contributed by atoms with Crippen LogP contribution >= 0.6 is 0 Å². The van der Waals surface area contributed by atoms with Crippen LogP contribution in [0.5, 0.6) is 0 Å². The molecule has 136 valence electrons. The van der Waals surface area contributed by atoms with Crippen molar-refractivity contribution in [3.05, 3.63) is 34.5 Å². The van der Waals surface area contributed by atoms with Crippen molar-refractivity contribution >= 4 is 27.6 Å². The van der Waals surface area contributed by atoms with Crippen molar-refractivity contribution in [3.8, 4) is 0 Å². The van der Waals surface area contributed by atoms with Crippen LogP contribution in [0.25, 0.3) is 27.6 Å². The minimum atomic E-state index is -0.0233. The summed E-state index contributed by atoms with van der Waals surface area (Å²) < 4.78 is 5.51. The second-order valence-corrected chi connectivity index (χ2v) is 6.89. The quantitative estimate of drug-likeness (QED) is 0.546. The summed E-state index contributed by atoms with van der Waals surface area (Å²) in [7, 11) is 4.07. The number of fused-ring (bicyclic) bond motifs is 5. The minimum absolute atomic E-state index is 0.0233. The van der Waals surface area contributed by atoms with E-state index in [2.05, 4.69) is 20.1 Å². The van der Waals surface area contributed by atoms with Gasteiger partial charge in [0.2, 0.25) is 0 Å². The summed E-state index contributed by atoms with van der Waals surface area (Å²) in [5.41, 5.74) is 3.23. The monoisotopic (exact) mass is 353 g/mol. The van der Waals surface area contributed by atoms with Gasteiger partial charge in [0.25, 0.3) is 5.56 Å². The van der Waals surface area contributed by atoms with Crippen molar-refractivity contribution in [2.24, 2.45) is 0 Å². The highest BCUT2D eigenvalue weighted by Crippen LogP contribution is 2.23. The molecular formula is C18H23N7O. The summed E-state index contributed by atoms with van der Waals surface area (Å²) in [4.78, 5) is 19.8. The Bertz CT molecular complexity index is 1170. The van der Waals surface area contributed by atoms with E-state index in [1.54, 1.807) is 12.4 Å². The third-order valence-corrected chi connectivity index (χ3v) is 4.70. The Balaban J connectivity index is 2.03. The van der Waals surface area contributed by atoms with Gasteiger partial charge in [-0.05, 0) is 40.9 Å². The topological polar surface area (TPSA) is 73.2 Å². The summed E-state index contributed by atoms with van der Waals surface area (Å²) in [6, 6.07) is 1.97. The van der Waals surface area contributed by atoms with Gasteiger partial charge in [-0.3, -0.25) is 9.36 Å². The van der Waals surface area contributed by atoms with E-state index in [9.17, 15) is 4.79 Å². The molecule has 0 saturated carbocycles. The van der Waals surface area contributed by atoms with E-state index < -0.39 is 0 Å². The van der Waals surface area contributed by atoms with Crippen LogP contribution in [-0.4, -0.2) is 54.5 Å². The van der Waals surface area contributed by atoms with Crippen LogP contribution in [-0.2, 0) is 13.1 Å². The predicted molar refractivity (Wildman–Crippen MR) is 102 cm³/mol. The standard InChI is InChI=1S/C18H23N7O/c1-5-24-17-13(11-20-24)16-14(10-19-17)18(26)23(8-6-7-22(3)4)15-9-12(2)21-25(15)16/h9-11H,5-8H2,1-4H3. The van der Waals surface area contributed by atoms with Crippen molar-refractivity contribution in [3.63, 3.8) is 0 Å². The highest BCUT2D eigenvalue weighted by molar-refractivity contribution is 6.02. The zero-order valence-electron chi connectivity index (χ0n) is 15.6. The fraction of sp³-hybridized carbons (Fsp3) is 0.444. The number of hydrogen-bond donors (Lipinski definition) is 0. The molecule has 0 aliphatic carbocycles. The molecule has 0 radical (unpaired) electrons. The first-order chi connectivity index (χ1) is 12.5. The van der Waals surface area contributed by atoms with Crippen LogP contribution in [0.15, 0.2) is 23.3 Å². The van der Waals surface area contributed by atoms with E-state index in [0.29, 0.717) is 11.9 Å². The van der Waals surface area contributed by atoms with Gasteiger partial charge in [0, 0.05) is 25.4 Å². The SMILES string of the molecule is CCn1ncc2c1ncc1c(=O)n(CCCN(C)C)c3cc(C)nn3c12. The Hall–Kier alpha value is -2.74. The smallest absolute Gasteiger partial charge is 0.263 e. The maximum absolute atomic E-state index is 13.2. The number of nitrogens with zero attached hydrogens (tertiary/aromatic N) is 7. The summed E-state index contributed by atoms with van der Waals surface area (Å²) in [6.45, 7) is 6.26. The molecule has 4 heterocycles. The molecule has 0 fully saturated rings. The molecule has 0 aliphatic heterocycles. The van der Waals surface area contributed by atoms with E-state index in [4.69, 9.17) is 0 Å². The molecule has 0 atom stereocenters. The molecule has 4 aromatic heterocycles. The lowest BCUT2D eigenvalue weighted by Gasteiger charge is -2.13. The number of aromatic nitrogens is 6.